The Balaban J connectivity index is 2.06. The molecule has 1 unspecified atom stereocenters. The van der Waals surface area contributed by atoms with E-state index < -0.39 is 0 Å². The second kappa shape index (κ2) is 6.45. The number of urea groups is 1. The first-order chi connectivity index (χ1) is 9.26. The molecular formula is C15H22N2O2. The van der Waals surface area contributed by atoms with Gasteiger partial charge in [-0.15, -0.1) is 0 Å². The molecule has 1 aliphatic rings. The molecule has 1 aromatic rings. The van der Waals surface area contributed by atoms with Gasteiger partial charge < -0.3 is 15.0 Å². The van der Waals surface area contributed by atoms with Gasteiger partial charge in [0.05, 0.1) is 13.2 Å². The maximum atomic E-state index is 12.1. The lowest BCUT2D eigenvalue weighted by molar-refractivity contribution is 0.193. The molecule has 0 bridgehead atoms. The second-order valence-corrected chi connectivity index (χ2v) is 4.86. The molecule has 4 heteroatoms. The fourth-order valence-electron chi connectivity index (χ4n) is 2.52. The first kappa shape index (κ1) is 13.7. The van der Waals surface area contributed by atoms with E-state index in [0.717, 1.165) is 38.1 Å². The highest BCUT2D eigenvalue weighted by molar-refractivity contribution is 5.75. The molecule has 1 heterocycles. The summed E-state index contributed by atoms with van der Waals surface area (Å²) in [5.74, 6) is 0.851. The topological polar surface area (TPSA) is 41.6 Å². The van der Waals surface area contributed by atoms with Crippen LogP contribution in [0.3, 0.4) is 0 Å². The summed E-state index contributed by atoms with van der Waals surface area (Å²) in [5, 5.41) is 2.96. The van der Waals surface area contributed by atoms with Crippen molar-refractivity contribution in [3.05, 3.63) is 29.8 Å². The molecule has 0 spiro atoms. The average Bonchev–Trinajstić information content (AvgIpc) is 2.94. The minimum absolute atomic E-state index is 0.0557. The van der Waals surface area contributed by atoms with Crippen LogP contribution in [0.1, 0.15) is 37.8 Å². The lowest BCUT2D eigenvalue weighted by Gasteiger charge is -2.25. The summed E-state index contributed by atoms with van der Waals surface area (Å²) in [6, 6.07) is 8.26. The SMILES string of the molecule is CCCNC(=O)N1CCCC1c1ccc(OC)cc1. The average molecular weight is 262 g/mol. The molecule has 2 amide bonds. The zero-order chi connectivity index (χ0) is 13.7. The first-order valence-corrected chi connectivity index (χ1v) is 6.94. The lowest BCUT2D eigenvalue weighted by Crippen LogP contribution is -2.39. The third-order valence-corrected chi connectivity index (χ3v) is 3.54. The summed E-state index contributed by atoms with van der Waals surface area (Å²) in [5.41, 5.74) is 1.19. The molecular weight excluding hydrogens is 240 g/mol. The largest absolute Gasteiger partial charge is 0.497 e. The van der Waals surface area contributed by atoms with Crippen molar-refractivity contribution in [2.45, 2.75) is 32.2 Å². The molecule has 104 valence electrons. The summed E-state index contributed by atoms with van der Waals surface area (Å²) < 4.78 is 5.17. The summed E-state index contributed by atoms with van der Waals surface area (Å²) >= 11 is 0. The van der Waals surface area contributed by atoms with E-state index in [9.17, 15) is 4.79 Å². The van der Waals surface area contributed by atoms with Crippen molar-refractivity contribution in [3.63, 3.8) is 0 Å². The minimum Gasteiger partial charge on any atom is -0.497 e. The van der Waals surface area contributed by atoms with Gasteiger partial charge in [0.25, 0.3) is 0 Å². The lowest BCUT2D eigenvalue weighted by atomic mass is 10.0. The monoisotopic (exact) mass is 262 g/mol. The predicted octanol–water partition coefficient (Wildman–Crippen LogP) is 2.95. The van der Waals surface area contributed by atoms with Crippen LogP contribution in [0.15, 0.2) is 24.3 Å². The molecule has 0 radical (unpaired) electrons. The summed E-state index contributed by atoms with van der Waals surface area (Å²) in [4.78, 5) is 14.0. The van der Waals surface area contributed by atoms with Gasteiger partial charge >= 0.3 is 6.03 Å². The maximum Gasteiger partial charge on any atom is 0.317 e. The highest BCUT2D eigenvalue weighted by Gasteiger charge is 2.29. The van der Waals surface area contributed by atoms with E-state index in [0.29, 0.717) is 0 Å². The molecule has 2 rings (SSSR count). The highest BCUT2D eigenvalue weighted by Crippen LogP contribution is 2.32. The molecule has 1 aliphatic heterocycles. The van der Waals surface area contributed by atoms with Crippen LogP contribution in [0.5, 0.6) is 5.75 Å². The van der Waals surface area contributed by atoms with Crippen LogP contribution in [0, 0.1) is 0 Å². The van der Waals surface area contributed by atoms with Crippen molar-refractivity contribution in [2.24, 2.45) is 0 Å². The Bertz CT molecular complexity index is 417. The molecule has 0 aliphatic carbocycles. The third kappa shape index (κ3) is 3.19. The van der Waals surface area contributed by atoms with E-state index >= 15 is 0 Å². The quantitative estimate of drug-likeness (QED) is 0.906. The van der Waals surface area contributed by atoms with Gasteiger partial charge in [-0.05, 0) is 37.0 Å². The van der Waals surface area contributed by atoms with Gasteiger partial charge in [0.1, 0.15) is 5.75 Å². The van der Waals surface area contributed by atoms with E-state index in [2.05, 4.69) is 24.4 Å². The highest BCUT2D eigenvalue weighted by atomic mass is 16.5. The number of benzene rings is 1. The van der Waals surface area contributed by atoms with Crippen molar-refractivity contribution in [1.82, 2.24) is 10.2 Å². The fraction of sp³-hybridized carbons (Fsp3) is 0.533. The molecule has 4 nitrogen and oxygen atoms in total. The Morgan fingerprint density at radius 3 is 2.79 bits per heavy atom. The van der Waals surface area contributed by atoms with Crippen molar-refractivity contribution >= 4 is 6.03 Å². The standard InChI is InChI=1S/C15H22N2O2/c1-3-10-16-15(18)17-11-4-5-14(17)12-6-8-13(19-2)9-7-12/h6-9,14H,3-5,10-11H2,1-2H3,(H,16,18). The van der Waals surface area contributed by atoms with Crippen molar-refractivity contribution in [1.29, 1.82) is 0 Å². The summed E-state index contributed by atoms with van der Waals surface area (Å²) in [7, 11) is 1.66. The second-order valence-electron chi connectivity index (χ2n) is 4.86. The molecule has 19 heavy (non-hydrogen) atoms. The Kier molecular flexibility index (Phi) is 4.66. The maximum absolute atomic E-state index is 12.1. The van der Waals surface area contributed by atoms with Crippen LogP contribution >= 0.6 is 0 Å². The van der Waals surface area contributed by atoms with Crippen LogP contribution in [-0.2, 0) is 0 Å². The molecule has 0 saturated carbocycles. The van der Waals surface area contributed by atoms with Crippen LogP contribution < -0.4 is 10.1 Å². The van der Waals surface area contributed by atoms with Gasteiger partial charge in [0.15, 0.2) is 0 Å². The van der Waals surface area contributed by atoms with Crippen molar-refractivity contribution in [3.8, 4) is 5.75 Å². The van der Waals surface area contributed by atoms with Crippen LogP contribution in [0.4, 0.5) is 4.79 Å². The van der Waals surface area contributed by atoms with Crippen LogP contribution in [-0.4, -0.2) is 31.1 Å². The van der Waals surface area contributed by atoms with Crippen molar-refractivity contribution < 1.29 is 9.53 Å². The van der Waals surface area contributed by atoms with Crippen molar-refractivity contribution in [2.75, 3.05) is 20.2 Å². The number of methoxy groups -OCH3 is 1. The molecule has 1 atom stereocenters. The van der Waals surface area contributed by atoms with E-state index in [-0.39, 0.29) is 12.1 Å². The fourth-order valence-corrected chi connectivity index (χ4v) is 2.52. The molecule has 1 fully saturated rings. The predicted molar refractivity (Wildman–Crippen MR) is 75.4 cm³/mol. The molecule has 0 aromatic heterocycles. The zero-order valence-electron chi connectivity index (χ0n) is 11.7. The Labute approximate surface area is 114 Å². The Morgan fingerprint density at radius 1 is 1.42 bits per heavy atom. The van der Waals surface area contributed by atoms with E-state index in [4.69, 9.17) is 4.74 Å². The third-order valence-electron chi connectivity index (χ3n) is 3.54. The number of ether oxygens (including phenoxy) is 1. The first-order valence-electron chi connectivity index (χ1n) is 6.94. The normalized spacial score (nSPS) is 18.4. The number of hydrogen-bond donors (Lipinski definition) is 1. The number of nitrogens with zero attached hydrogens (tertiary/aromatic N) is 1. The summed E-state index contributed by atoms with van der Waals surface area (Å²) in [6.45, 7) is 3.64. The molecule has 1 N–H and O–H groups in total. The smallest absolute Gasteiger partial charge is 0.317 e. The van der Waals surface area contributed by atoms with Crippen LogP contribution in [0.25, 0.3) is 0 Å². The van der Waals surface area contributed by atoms with Gasteiger partial charge in [-0.1, -0.05) is 19.1 Å². The number of hydrogen-bond acceptors (Lipinski definition) is 2. The number of rotatable bonds is 4. The number of likely N-dealkylation sites (tertiary alicyclic amines) is 1. The van der Waals surface area contributed by atoms with Gasteiger partial charge in [-0.3, -0.25) is 0 Å². The van der Waals surface area contributed by atoms with E-state index in [1.165, 1.54) is 5.56 Å². The summed E-state index contributed by atoms with van der Waals surface area (Å²) in [6.07, 6.45) is 3.06. The minimum atomic E-state index is 0.0557. The molecule has 1 saturated heterocycles. The van der Waals surface area contributed by atoms with Gasteiger partial charge in [-0.2, -0.15) is 0 Å². The van der Waals surface area contributed by atoms with E-state index in [1.54, 1.807) is 7.11 Å². The Morgan fingerprint density at radius 2 is 2.16 bits per heavy atom. The number of amides is 2. The van der Waals surface area contributed by atoms with Gasteiger partial charge in [0, 0.05) is 13.1 Å². The van der Waals surface area contributed by atoms with Gasteiger partial charge in [0.2, 0.25) is 0 Å². The Hall–Kier alpha value is -1.71. The zero-order valence-corrected chi connectivity index (χ0v) is 11.7. The number of carbonyl (C=O) groups excluding carboxylic acids is 1. The molecule has 1 aromatic carbocycles. The van der Waals surface area contributed by atoms with Gasteiger partial charge in [-0.25, -0.2) is 4.79 Å². The van der Waals surface area contributed by atoms with E-state index in [1.807, 2.05) is 17.0 Å². The number of carbonyl (C=O) groups is 1. The van der Waals surface area contributed by atoms with Crippen LogP contribution in [0.2, 0.25) is 0 Å². The number of nitrogens with one attached hydrogen (secondary N) is 1.